The second-order valence-electron chi connectivity index (χ2n) is 23.8. The minimum absolute atomic E-state index is 0.0736. The summed E-state index contributed by atoms with van der Waals surface area (Å²) >= 11 is 0. The molecule has 0 aromatic rings. The first-order valence-corrected chi connectivity index (χ1v) is 35.4. The summed E-state index contributed by atoms with van der Waals surface area (Å²) in [5, 5.41) is 0. The molecule has 0 heterocycles. The highest BCUT2D eigenvalue weighted by Crippen LogP contribution is 2.18. The highest BCUT2D eigenvalue weighted by atomic mass is 16.6. The number of esters is 3. The first-order chi connectivity index (χ1) is 40.0. The summed E-state index contributed by atoms with van der Waals surface area (Å²) in [4.78, 5) is 38.0. The van der Waals surface area contributed by atoms with Crippen molar-refractivity contribution in [3.8, 4) is 0 Å². The van der Waals surface area contributed by atoms with Crippen molar-refractivity contribution in [3.63, 3.8) is 0 Å². The zero-order valence-corrected chi connectivity index (χ0v) is 54.1. The van der Waals surface area contributed by atoms with Crippen LogP contribution < -0.4 is 0 Å². The first-order valence-electron chi connectivity index (χ1n) is 35.4. The number of allylic oxidation sites excluding steroid dienone is 12. The number of rotatable bonds is 65. The molecule has 0 rings (SSSR count). The second-order valence-corrected chi connectivity index (χ2v) is 23.8. The zero-order valence-electron chi connectivity index (χ0n) is 54.1. The Morgan fingerprint density at radius 2 is 0.444 bits per heavy atom. The van der Waals surface area contributed by atoms with Crippen LogP contribution in [0.25, 0.3) is 0 Å². The minimum atomic E-state index is -0.773. The lowest BCUT2D eigenvalue weighted by atomic mass is 10.0. The third-order valence-electron chi connectivity index (χ3n) is 15.7. The third kappa shape index (κ3) is 67.5. The van der Waals surface area contributed by atoms with Gasteiger partial charge in [0.2, 0.25) is 0 Å². The molecule has 0 radical (unpaired) electrons. The molecular weight excluding hydrogens is 997 g/mol. The average molecular weight is 1130 g/mol. The van der Waals surface area contributed by atoms with Crippen LogP contribution in [0.2, 0.25) is 0 Å². The van der Waals surface area contributed by atoms with Crippen molar-refractivity contribution < 1.29 is 28.6 Å². The van der Waals surface area contributed by atoms with E-state index in [4.69, 9.17) is 14.2 Å². The second kappa shape index (κ2) is 69.3. The molecule has 0 aliphatic heterocycles. The van der Waals surface area contributed by atoms with Crippen molar-refractivity contribution in [3.05, 3.63) is 72.9 Å². The van der Waals surface area contributed by atoms with Crippen LogP contribution in [-0.2, 0) is 28.6 Å². The summed E-state index contributed by atoms with van der Waals surface area (Å²) in [6.07, 6.45) is 91.3. The van der Waals surface area contributed by atoms with Gasteiger partial charge in [0, 0.05) is 19.3 Å². The number of ether oxygens (including phenoxy) is 3. The molecule has 470 valence electrons. The lowest BCUT2D eigenvalue weighted by Gasteiger charge is -2.18. The standard InChI is InChI=1S/C75H134O6/c1-4-7-10-13-15-17-19-21-23-25-27-29-31-33-34-35-36-37-38-39-40-42-43-45-47-49-51-53-55-57-59-62-65-68-74(77)80-71-72(70-79-73(76)67-64-61-12-9-6-3)81-75(78)69-66-63-60-58-56-54-52-50-48-46-44-41-32-30-28-26-24-22-20-18-16-14-11-8-5-2/h19-22,25-28,31-33,41,72H,4-18,23-24,29-30,34-40,42-71H2,1-3H3/b21-19-,22-20-,27-25-,28-26-,33-31-,41-32-. The molecule has 1 unspecified atom stereocenters. The SMILES string of the molecule is CCCCCCC/C=C\C/C=C\C/C=C\CCCCCCCCCCCCCCCCCCCCC(=O)OCC(COC(=O)CCCCCCC)OC(=O)CCCCCCCCCCCC/C=C\C/C=C\C/C=C\CCCCCCC. The molecule has 0 fully saturated rings. The van der Waals surface area contributed by atoms with Gasteiger partial charge in [-0.1, -0.05) is 325 Å². The Kier molecular flexibility index (Phi) is 66.6. The number of hydrogen-bond acceptors (Lipinski definition) is 6. The normalized spacial score (nSPS) is 12.5. The fraction of sp³-hybridized carbons (Fsp3) is 0.800. The zero-order chi connectivity index (χ0) is 58.5. The lowest BCUT2D eigenvalue weighted by molar-refractivity contribution is -0.167. The van der Waals surface area contributed by atoms with E-state index < -0.39 is 6.10 Å². The highest BCUT2D eigenvalue weighted by molar-refractivity contribution is 5.71. The molecule has 0 saturated heterocycles. The topological polar surface area (TPSA) is 78.9 Å². The van der Waals surface area contributed by atoms with E-state index in [9.17, 15) is 14.4 Å². The molecule has 6 heteroatoms. The largest absolute Gasteiger partial charge is 0.462 e. The van der Waals surface area contributed by atoms with Gasteiger partial charge in [0.1, 0.15) is 13.2 Å². The predicted molar refractivity (Wildman–Crippen MR) is 353 cm³/mol. The molecule has 0 aliphatic carbocycles. The maximum atomic E-state index is 12.9. The van der Waals surface area contributed by atoms with E-state index in [1.807, 2.05) is 0 Å². The Labute approximate surface area is 503 Å². The predicted octanol–water partition coefficient (Wildman–Crippen LogP) is 24.4. The van der Waals surface area contributed by atoms with Gasteiger partial charge in [-0.15, -0.1) is 0 Å². The van der Waals surface area contributed by atoms with Crippen LogP contribution in [0.15, 0.2) is 72.9 Å². The van der Waals surface area contributed by atoms with Crippen molar-refractivity contribution in [2.75, 3.05) is 13.2 Å². The molecule has 0 aromatic carbocycles. The van der Waals surface area contributed by atoms with Gasteiger partial charge < -0.3 is 14.2 Å². The Balaban J connectivity index is 3.95. The molecule has 81 heavy (non-hydrogen) atoms. The molecular formula is C75H134O6. The number of hydrogen-bond donors (Lipinski definition) is 0. The van der Waals surface area contributed by atoms with Gasteiger partial charge in [-0.3, -0.25) is 14.4 Å². The van der Waals surface area contributed by atoms with Crippen molar-refractivity contribution in [2.24, 2.45) is 0 Å². The van der Waals surface area contributed by atoms with Crippen molar-refractivity contribution >= 4 is 17.9 Å². The van der Waals surface area contributed by atoms with E-state index in [0.29, 0.717) is 19.3 Å². The van der Waals surface area contributed by atoms with Gasteiger partial charge in [0.15, 0.2) is 6.10 Å². The Morgan fingerprint density at radius 1 is 0.247 bits per heavy atom. The van der Waals surface area contributed by atoms with E-state index in [-0.39, 0.29) is 31.1 Å². The van der Waals surface area contributed by atoms with Gasteiger partial charge >= 0.3 is 17.9 Å². The summed E-state index contributed by atoms with van der Waals surface area (Å²) in [7, 11) is 0. The van der Waals surface area contributed by atoms with Crippen LogP contribution in [-0.4, -0.2) is 37.2 Å². The molecule has 0 N–H and O–H groups in total. The lowest BCUT2D eigenvalue weighted by Crippen LogP contribution is -2.30. The third-order valence-corrected chi connectivity index (χ3v) is 15.7. The van der Waals surface area contributed by atoms with Gasteiger partial charge in [-0.05, 0) is 96.3 Å². The quantitative estimate of drug-likeness (QED) is 0.0261. The summed E-state index contributed by atoms with van der Waals surface area (Å²) < 4.78 is 16.8. The van der Waals surface area contributed by atoms with E-state index >= 15 is 0 Å². The molecule has 0 aromatic heterocycles. The molecule has 0 amide bonds. The van der Waals surface area contributed by atoms with Crippen molar-refractivity contribution in [1.82, 2.24) is 0 Å². The first kappa shape index (κ1) is 77.9. The maximum absolute atomic E-state index is 12.9. The van der Waals surface area contributed by atoms with Crippen molar-refractivity contribution in [1.29, 1.82) is 0 Å². The highest BCUT2D eigenvalue weighted by Gasteiger charge is 2.19. The van der Waals surface area contributed by atoms with E-state index in [1.165, 1.54) is 238 Å². The summed E-state index contributed by atoms with van der Waals surface area (Å²) in [5.41, 5.74) is 0. The number of carbonyl (C=O) groups is 3. The van der Waals surface area contributed by atoms with Crippen LogP contribution >= 0.6 is 0 Å². The number of unbranched alkanes of at least 4 members (excludes halogenated alkanes) is 42. The maximum Gasteiger partial charge on any atom is 0.306 e. The molecule has 6 nitrogen and oxygen atoms in total. The fourth-order valence-electron chi connectivity index (χ4n) is 10.3. The van der Waals surface area contributed by atoms with Gasteiger partial charge in [-0.25, -0.2) is 0 Å². The Morgan fingerprint density at radius 3 is 0.691 bits per heavy atom. The molecule has 0 spiro atoms. The number of carbonyl (C=O) groups excluding carboxylic acids is 3. The van der Waals surface area contributed by atoms with Crippen LogP contribution in [0.1, 0.15) is 367 Å². The monoisotopic (exact) mass is 1130 g/mol. The summed E-state index contributed by atoms with van der Waals surface area (Å²) in [6, 6.07) is 0. The minimum Gasteiger partial charge on any atom is -0.462 e. The van der Waals surface area contributed by atoms with E-state index in [1.54, 1.807) is 0 Å². The molecule has 1 atom stereocenters. The Hall–Kier alpha value is -3.15. The smallest absolute Gasteiger partial charge is 0.306 e. The average Bonchev–Trinajstić information content (AvgIpc) is 3.47. The molecule has 0 saturated carbocycles. The fourth-order valence-corrected chi connectivity index (χ4v) is 10.3. The molecule has 0 bridgehead atoms. The summed E-state index contributed by atoms with van der Waals surface area (Å²) in [5.74, 6) is -0.875. The van der Waals surface area contributed by atoms with Crippen molar-refractivity contribution in [2.45, 2.75) is 374 Å². The van der Waals surface area contributed by atoms with Crippen LogP contribution in [0.5, 0.6) is 0 Å². The van der Waals surface area contributed by atoms with Gasteiger partial charge in [-0.2, -0.15) is 0 Å². The van der Waals surface area contributed by atoms with E-state index in [2.05, 4.69) is 93.7 Å². The Bertz CT molecular complexity index is 1490. The summed E-state index contributed by atoms with van der Waals surface area (Å²) in [6.45, 7) is 6.57. The van der Waals surface area contributed by atoms with Gasteiger partial charge in [0.25, 0.3) is 0 Å². The molecule has 0 aliphatic rings. The van der Waals surface area contributed by atoms with Crippen LogP contribution in [0, 0.1) is 0 Å². The van der Waals surface area contributed by atoms with Gasteiger partial charge in [0.05, 0.1) is 0 Å². The van der Waals surface area contributed by atoms with E-state index in [0.717, 1.165) is 89.9 Å². The van der Waals surface area contributed by atoms with Crippen LogP contribution in [0.3, 0.4) is 0 Å². The van der Waals surface area contributed by atoms with Crippen LogP contribution in [0.4, 0.5) is 0 Å².